The second kappa shape index (κ2) is 16.7. The Hall–Kier alpha value is -2.89. The van der Waals surface area contributed by atoms with Crippen LogP contribution in [0.2, 0.25) is 0 Å². The van der Waals surface area contributed by atoms with E-state index >= 15 is 0 Å². The number of carbonyl (C=O) groups excluding carboxylic acids is 3. The molecule has 0 aromatic rings. The third-order valence-electron chi connectivity index (χ3n) is 5.43. The van der Waals surface area contributed by atoms with Crippen molar-refractivity contribution in [2.75, 3.05) is 7.05 Å². The van der Waals surface area contributed by atoms with Gasteiger partial charge in [-0.05, 0) is 59.6 Å². The summed E-state index contributed by atoms with van der Waals surface area (Å²) in [5, 5.41) is 2.84. The average Bonchev–Trinajstić information content (AvgIpc) is 2.78. The summed E-state index contributed by atoms with van der Waals surface area (Å²) in [7, 11) is 1.89. The molecule has 1 aliphatic heterocycles. The first-order valence-corrected chi connectivity index (χ1v) is 12.2. The molecule has 0 spiro atoms. The number of hydrogen-bond donors (Lipinski definition) is 1. The van der Waals surface area contributed by atoms with E-state index in [4.69, 9.17) is 0 Å². The minimum Gasteiger partial charge on any atom is -0.357 e. The van der Waals surface area contributed by atoms with Crippen molar-refractivity contribution in [1.29, 1.82) is 0 Å². The first-order chi connectivity index (χ1) is 16.0. The van der Waals surface area contributed by atoms with Gasteiger partial charge in [0.15, 0.2) is 5.78 Å². The van der Waals surface area contributed by atoms with Crippen molar-refractivity contribution < 1.29 is 14.4 Å². The highest BCUT2D eigenvalue weighted by atomic mass is 16.2. The van der Waals surface area contributed by atoms with Crippen LogP contribution in [0.25, 0.3) is 0 Å². The minimum absolute atomic E-state index is 0.124. The topological polar surface area (TPSA) is 69.7 Å². The highest BCUT2D eigenvalue weighted by Crippen LogP contribution is 2.21. The van der Waals surface area contributed by atoms with Gasteiger partial charge in [0.1, 0.15) is 11.5 Å². The second-order valence-corrected chi connectivity index (χ2v) is 8.74. The number of rotatable bonds is 13. The average molecular weight is 472 g/mol. The number of nitrogens with zero attached hydrogens (tertiary/aromatic N) is 2. The maximum Gasteiger partial charge on any atom is 0.272 e. The molecule has 0 aliphatic carbocycles. The van der Waals surface area contributed by atoms with Gasteiger partial charge in [0.25, 0.3) is 5.91 Å². The minimum atomic E-state index is -0.124. The lowest BCUT2D eigenvalue weighted by Gasteiger charge is -2.29. The standard InChI is InChI=1S/C14H20N2O2.C14H25NO/c1-5-13-14(18)15-12(8-6-7-11(4)17)9-16(13)10(2)3;1-6-9-13(10-7-2)14(16)12(4)11-15(5)8-3/h5,9H,2,6-8H2,1,3-4H3,(H,15,18);8,11,13H,3,6-7,9-10H2,1-2,4-5H3/b13-5-;12-11+. The zero-order valence-electron chi connectivity index (χ0n) is 22.4. The van der Waals surface area contributed by atoms with E-state index in [1.807, 2.05) is 45.1 Å². The van der Waals surface area contributed by atoms with Gasteiger partial charge in [0.05, 0.1) is 0 Å². The summed E-state index contributed by atoms with van der Waals surface area (Å²) in [5.74, 6) is 0.534. The molecule has 34 heavy (non-hydrogen) atoms. The van der Waals surface area contributed by atoms with Gasteiger partial charge in [-0.1, -0.05) is 45.9 Å². The van der Waals surface area contributed by atoms with E-state index in [0.717, 1.165) is 49.1 Å². The second-order valence-electron chi connectivity index (χ2n) is 8.74. The molecule has 0 saturated heterocycles. The van der Waals surface area contributed by atoms with Crippen LogP contribution in [-0.4, -0.2) is 34.3 Å². The Morgan fingerprint density at radius 3 is 2.21 bits per heavy atom. The molecular formula is C28H45N3O3. The number of nitrogens with one attached hydrogen (secondary N) is 1. The van der Waals surface area contributed by atoms with Crippen LogP contribution in [0.15, 0.2) is 60.5 Å². The number of Topliss-reactive ketones (excluding diaryl/α,β-unsaturated/α-hetero) is 2. The Morgan fingerprint density at radius 1 is 1.18 bits per heavy atom. The highest BCUT2D eigenvalue weighted by molar-refractivity contribution is 5.96. The van der Waals surface area contributed by atoms with Crippen molar-refractivity contribution in [2.24, 2.45) is 5.92 Å². The summed E-state index contributed by atoms with van der Waals surface area (Å²) in [4.78, 5) is 38.5. The SMILES string of the molecule is C=C(C)N1C=C(CCCC(C)=O)NC(=O)/C1=C/C.C=CN(C)/C=C(\C)C(=O)C(CCC)CCC. The molecule has 0 saturated carbocycles. The quantitative estimate of drug-likeness (QED) is 0.324. The molecule has 0 aromatic carbocycles. The molecule has 0 atom stereocenters. The maximum absolute atomic E-state index is 12.1. The normalized spacial score (nSPS) is 14.8. The molecule has 1 rings (SSSR count). The summed E-state index contributed by atoms with van der Waals surface area (Å²) in [6.07, 6.45) is 13.3. The maximum atomic E-state index is 12.1. The Bertz CT molecular complexity index is 815. The van der Waals surface area contributed by atoms with Gasteiger partial charge >= 0.3 is 0 Å². The van der Waals surface area contributed by atoms with Crippen LogP contribution in [0.1, 0.15) is 86.5 Å². The van der Waals surface area contributed by atoms with Gasteiger partial charge in [0, 0.05) is 48.8 Å². The van der Waals surface area contributed by atoms with Crippen molar-refractivity contribution in [2.45, 2.75) is 86.5 Å². The van der Waals surface area contributed by atoms with Crippen molar-refractivity contribution in [3.8, 4) is 0 Å². The Labute approximate surface area is 207 Å². The van der Waals surface area contributed by atoms with E-state index in [-0.39, 0.29) is 23.4 Å². The first kappa shape index (κ1) is 31.1. The largest absolute Gasteiger partial charge is 0.357 e. The van der Waals surface area contributed by atoms with Crippen molar-refractivity contribution in [3.63, 3.8) is 0 Å². The summed E-state index contributed by atoms with van der Waals surface area (Å²) in [6.45, 7) is 18.9. The number of amides is 1. The van der Waals surface area contributed by atoms with Crippen molar-refractivity contribution in [3.05, 3.63) is 60.5 Å². The summed E-state index contributed by atoms with van der Waals surface area (Å²) in [6, 6.07) is 0. The van der Waals surface area contributed by atoms with E-state index < -0.39 is 0 Å². The van der Waals surface area contributed by atoms with Crippen LogP contribution < -0.4 is 5.32 Å². The molecular weight excluding hydrogens is 426 g/mol. The molecule has 0 aromatic heterocycles. The van der Waals surface area contributed by atoms with Crippen molar-refractivity contribution >= 4 is 17.5 Å². The van der Waals surface area contributed by atoms with Crippen LogP contribution >= 0.6 is 0 Å². The lowest BCUT2D eigenvalue weighted by atomic mass is 9.90. The fourth-order valence-corrected chi connectivity index (χ4v) is 3.66. The molecule has 190 valence electrons. The number of carbonyl (C=O) groups is 3. The lowest BCUT2D eigenvalue weighted by Crippen LogP contribution is -2.37. The molecule has 1 heterocycles. The van der Waals surface area contributed by atoms with Gasteiger partial charge in [-0.25, -0.2) is 0 Å². The zero-order valence-corrected chi connectivity index (χ0v) is 22.4. The van der Waals surface area contributed by atoms with E-state index in [2.05, 4.69) is 32.3 Å². The number of ketones is 2. The lowest BCUT2D eigenvalue weighted by molar-refractivity contribution is -0.120. The zero-order chi connectivity index (χ0) is 26.3. The van der Waals surface area contributed by atoms with Gasteiger partial charge in [-0.2, -0.15) is 0 Å². The van der Waals surface area contributed by atoms with Gasteiger partial charge < -0.3 is 19.9 Å². The Balaban J connectivity index is 0.000000646. The van der Waals surface area contributed by atoms with Crippen molar-refractivity contribution in [1.82, 2.24) is 15.1 Å². The predicted octanol–water partition coefficient (Wildman–Crippen LogP) is 6.21. The summed E-state index contributed by atoms with van der Waals surface area (Å²) < 4.78 is 0. The first-order valence-electron chi connectivity index (χ1n) is 12.2. The molecule has 1 amide bonds. The van der Waals surface area contributed by atoms with Crippen LogP contribution in [0.5, 0.6) is 0 Å². The molecule has 6 heteroatoms. The summed E-state index contributed by atoms with van der Waals surface area (Å²) in [5.41, 5.74) is 3.03. The fourth-order valence-electron chi connectivity index (χ4n) is 3.66. The van der Waals surface area contributed by atoms with Crippen LogP contribution in [0.3, 0.4) is 0 Å². The Morgan fingerprint density at radius 2 is 1.76 bits per heavy atom. The third kappa shape index (κ3) is 11.3. The molecule has 1 N–H and O–H groups in total. The van der Waals surface area contributed by atoms with Crippen LogP contribution in [0, 0.1) is 5.92 Å². The molecule has 6 nitrogen and oxygen atoms in total. The number of hydrogen-bond acceptors (Lipinski definition) is 5. The van der Waals surface area contributed by atoms with E-state index in [1.54, 1.807) is 24.1 Å². The van der Waals surface area contributed by atoms with Gasteiger partial charge in [-0.3, -0.25) is 9.59 Å². The molecule has 0 radical (unpaired) electrons. The van der Waals surface area contributed by atoms with Gasteiger partial charge in [0.2, 0.25) is 0 Å². The van der Waals surface area contributed by atoms with E-state index in [9.17, 15) is 14.4 Å². The van der Waals surface area contributed by atoms with E-state index in [0.29, 0.717) is 18.5 Å². The fraction of sp³-hybridized carbons (Fsp3) is 0.536. The number of allylic oxidation sites excluding steroid dienone is 4. The monoisotopic (exact) mass is 471 g/mol. The summed E-state index contributed by atoms with van der Waals surface area (Å²) >= 11 is 0. The highest BCUT2D eigenvalue weighted by Gasteiger charge is 2.22. The smallest absolute Gasteiger partial charge is 0.272 e. The Kier molecular flexibility index (Phi) is 15.3. The molecule has 0 bridgehead atoms. The molecule has 1 aliphatic rings. The third-order valence-corrected chi connectivity index (χ3v) is 5.43. The van der Waals surface area contributed by atoms with Gasteiger partial charge in [-0.15, -0.1) is 0 Å². The van der Waals surface area contributed by atoms with Crippen LogP contribution in [-0.2, 0) is 14.4 Å². The predicted molar refractivity (Wildman–Crippen MR) is 141 cm³/mol. The van der Waals surface area contributed by atoms with Crippen LogP contribution in [0.4, 0.5) is 0 Å². The molecule has 0 fully saturated rings. The van der Waals surface area contributed by atoms with E-state index in [1.165, 1.54) is 0 Å². The molecule has 0 unspecified atom stereocenters.